The molecule has 1 N–H and O–H groups in total. The van der Waals surface area contributed by atoms with Crippen LogP contribution in [0.3, 0.4) is 0 Å². The molecule has 4 nitrogen and oxygen atoms in total. The van der Waals surface area contributed by atoms with Gasteiger partial charge in [-0.2, -0.15) is 5.10 Å². The summed E-state index contributed by atoms with van der Waals surface area (Å²) in [4.78, 5) is 11.6. The number of carbonyl (C=O) groups is 1. The quantitative estimate of drug-likeness (QED) is 0.656. The first kappa shape index (κ1) is 15.3. The molecule has 0 atom stereocenters. The van der Waals surface area contributed by atoms with Gasteiger partial charge in [0.1, 0.15) is 12.4 Å². The van der Waals surface area contributed by atoms with Gasteiger partial charge in [0.25, 0.3) is 0 Å². The van der Waals surface area contributed by atoms with Crippen molar-refractivity contribution >= 4 is 12.1 Å². The molecular weight excluding hydrogens is 288 g/mol. The zero-order valence-corrected chi connectivity index (χ0v) is 12.9. The number of nitrogens with one attached hydrogen (secondary N) is 1. The number of hydrogen-bond acceptors (Lipinski definition) is 3. The van der Waals surface area contributed by atoms with Gasteiger partial charge in [-0.05, 0) is 48.2 Å². The molecule has 118 valence electrons. The van der Waals surface area contributed by atoms with Crippen molar-refractivity contribution in [3.63, 3.8) is 0 Å². The van der Waals surface area contributed by atoms with E-state index < -0.39 is 0 Å². The highest BCUT2D eigenvalue weighted by Crippen LogP contribution is 2.26. The van der Waals surface area contributed by atoms with Gasteiger partial charge in [-0.3, -0.25) is 4.79 Å². The molecule has 2 aromatic carbocycles. The van der Waals surface area contributed by atoms with Crippen LogP contribution in [0.25, 0.3) is 0 Å². The van der Waals surface area contributed by atoms with Crippen LogP contribution in [-0.4, -0.2) is 12.1 Å². The lowest BCUT2D eigenvalue weighted by Gasteiger charge is -2.22. The maximum atomic E-state index is 11.6. The van der Waals surface area contributed by atoms with E-state index >= 15 is 0 Å². The molecule has 0 aromatic heterocycles. The summed E-state index contributed by atoms with van der Waals surface area (Å²) in [5, 5.41) is 4.00. The van der Waals surface area contributed by atoms with Gasteiger partial charge in [-0.1, -0.05) is 36.8 Å². The highest BCUT2D eigenvalue weighted by molar-refractivity contribution is 5.83. The zero-order valence-electron chi connectivity index (χ0n) is 12.9. The average molecular weight is 308 g/mol. The number of nitrogens with zero attached hydrogens (tertiary/aromatic N) is 1. The molecule has 0 radical (unpaired) electrons. The zero-order chi connectivity index (χ0) is 15.9. The van der Waals surface area contributed by atoms with Crippen molar-refractivity contribution in [1.29, 1.82) is 0 Å². The first-order chi connectivity index (χ1) is 11.3. The number of carbonyl (C=O) groups excluding carboxylic acids is 1. The number of amides is 1. The Morgan fingerprint density at radius 2 is 1.87 bits per heavy atom. The van der Waals surface area contributed by atoms with Crippen LogP contribution >= 0.6 is 0 Å². The van der Waals surface area contributed by atoms with E-state index in [-0.39, 0.29) is 11.8 Å². The molecule has 1 fully saturated rings. The van der Waals surface area contributed by atoms with Crippen LogP contribution in [0, 0.1) is 5.92 Å². The molecule has 0 aliphatic heterocycles. The summed E-state index contributed by atoms with van der Waals surface area (Å²) in [6.45, 7) is 0.547. The summed E-state index contributed by atoms with van der Waals surface area (Å²) in [5.41, 5.74) is 4.65. The molecule has 0 spiro atoms. The van der Waals surface area contributed by atoms with Gasteiger partial charge in [0, 0.05) is 5.92 Å². The van der Waals surface area contributed by atoms with Gasteiger partial charge >= 0.3 is 0 Å². The maximum Gasteiger partial charge on any atom is 0.243 e. The van der Waals surface area contributed by atoms with Crippen molar-refractivity contribution in [1.82, 2.24) is 5.43 Å². The summed E-state index contributed by atoms with van der Waals surface area (Å²) < 4.78 is 5.73. The first-order valence-electron chi connectivity index (χ1n) is 7.91. The normalized spacial score (nSPS) is 14.4. The van der Waals surface area contributed by atoms with Gasteiger partial charge in [-0.25, -0.2) is 5.43 Å². The Labute approximate surface area is 136 Å². The van der Waals surface area contributed by atoms with Crippen molar-refractivity contribution in [2.45, 2.75) is 25.9 Å². The molecule has 4 heteroatoms. The maximum absolute atomic E-state index is 11.6. The van der Waals surface area contributed by atoms with Gasteiger partial charge < -0.3 is 4.74 Å². The third kappa shape index (κ3) is 4.42. The lowest BCUT2D eigenvalue weighted by molar-refractivity contribution is -0.127. The second kappa shape index (κ2) is 7.58. The second-order valence-electron chi connectivity index (χ2n) is 5.71. The molecule has 0 bridgehead atoms. The van der Waals surface area contributed by atoms with Crippen molar-refractivity contribution in [3.8, 4) is 5.75 Å². The van der Waals surface area contributed by atoms with Crippen LogP contribution < -0.4 is 10.2 Å². The molecule has 2 aromatic rings. The number of ether oxygens (including phenoxy) is 1. The van der Waals surface area contributed by atoms with Crippen molar-refractivity contribution in [3.05, 3.63) is 65.7 Å². The van der Waals surface area contributed by atoms with Crippen LogP contribution in [0.15, 0.2) is 59.7 Å². The Hall–Kier alpha value is -2.62. The molecule has 1 aliphatic carbocycles. The summed E-state index contributed by atoms with van der Waals surface area (Å²) in [5.74, 6) is 0.987. The summed E-state index contributed by atoms with van der Waals surface area (Å²) in [6, 6.07) is 17.7. The Morgan fingerprint density at radius 3 is 2.52 bits per heavy atom. The number of hydrazone groups is 1. The summed E-state index contributed by atoms with van der Waals surface area (Å²) in [6.07, 6.45) is 4.76. The minimum Gasteiger partial charge on any atom is -0.489 e. The SMILES string of the molecule is O=C(N/N=C/c1ccc(OCc2ccccc2)cc1)C1CCC1. The monoisotopic (exact) mass is 308 g/mol. The Kier molecular flexibility index (Phi) is 5.04. The Balaban J connectivity index is 1.47. The van der Waals surface area contributed by atoms with E-state index in [9.17, 15) is 4.79 Å². The first-order valence-corrected chi connectivity index (χ1v) is 7.91. The lowest BCUT2D eigenvalue weighted by atomic mass is 9.85. The van der Waals surface area contributed by atoms with Gasteiger partial charge in [0.15, 0.2) is 0 Å². The highest BCUT2D eigenvalue weighted by Gasteiger charge is 2.24. The fourth-order valence-electron chi connectivity index (χ4n) is 2.32. The molecule has 1 amide bonds. The van der Waals surface area contributed by atoms with E-state index in [1.807, 2.05) is 54.6 Å². The van der Waals surface area contributed by atoms with E-state index in [4.69, 9.17) is 4.74 Å². The van der Waals surface area contributed by atoms with Crippen LogP contribution in [0.1, 0.15) is 30.4 Å². The summed E-state index contributed by atoms with van der Waals surface area (Å²) in [7, 11) is 0. The standard InChI is InChI=1S/C19H20N2O2/c22-19(17-7-4-8-17)21-20-13-15-9-11-18(12-10-15)23-14-16-5-2-1-3-6-16/h1-3,5-6,9-13,17H,4,7-8,14H2,(H,21,22)/b20-13+. The molecule has 0 unspecified atom stereocenters. The Morgan fingerprint density at radius 1 is 1.13 bits per heavy atom. The third-order valence-corrected chi connectivity index (χ3v) is 3.99. The molecule has 23 heavy (non-hydrogen) atoms. The van der Waals surface area contributed by atoms with Crippen LogP contribution in [0.4, 0.5) is 0 Å². The molecule has 1 aliphatic rings. The van der Waals surface area contributed by atoms with Crippen LogP contribution in [0.5, 0.6) is 5.75 Å². The number of hydrogen-bond donors (Lipinski definition) is 1. The molecular formula is C19H20N2O2. The summed E-state index contributed by atoms with van der Waals surface area (Å²) >= 11 is 0. The molecule has 3 rings (SSSR count). The van der Waals surface area contributed by atoms with E-state index in [2.05, 4.69) is 10.5 Å². The Bertz CT molecular complexity index is 662. The van der Waals surface area contributed by atoms with E-state index in [0.29, 0.717) is 6.61 Å². The van der Waals surface area contributed by atoms with Crippen molar-refractivity contribution < 1.29 is 9.53 Å². The minimum absolute atomic E-state index is 0.0234. The van der Waals surface area contributed by atoms with Crippen LogP contribution in [0.2, 0.25) is 0 Å². The number of rotatable bonds is 6. The molecule has 0 heterocycles. The minimum atomic E-state index is 0.0234. The predicted octanol–water partition coefficient (Wildman–Crippen LogP) is 3.52. The van der Waals surface area contributed by atoms with Gasteiger partial charge in [0.2, 0.25) is 5.91 Å². The topological polar surface area (TPSA) is 50.7 Å². The fraction of sp³-hybridized carbons (Fsp3) is 0.263. The number of benzene rings is 2. The largest absolute Gasteiger partial charge is 0.489 e. The predicted molar refractivity (Wildman–Crippen MR) is 90.3 cm³/mol. The highest BCUT2D eigenvalue weighted by atomic mass is 16.5. The molecule has 0 saturated heterocycles. The van der Waals surface area contributed by atoms with Crippen LogP contribution in [-0.2, 0) is 11.4 Å². The third-order valence-electron chi connectivity index (χ3n) is 3.99. The average Bonchev–Trinajstić information content (AvgIpc) is 2.53. The van der Waals surface area contributed by atoms with Crippen molar-refractivity contribution in [2.24, 2.45) is 11.0 Å². The second-order valence-corrected chi connectivity index (χ2v) is 5.71. The smallest absolute Gasteiger partial charge is 0.243 e. The van der Waals surface area contributed by atoms with Gasteiger partial charge in [0.05, 0.1) is 6.21 Å². The van der Waals surface area contributed by atoms with E-state index in [1.54, 1.807) is 6.21 Å². The van der Waals surface area contributed by atoms with Gasteiger partial charge in [-0.15, -0.1) is 0 Å². The lowest BCUT2D eigenvalue weighted by Crippen LogP contribution is -2.31. The van der Waals surface area contributed by atoms with Crippen molar-refractivity contribution in [2.75, 3.05) is 0 Å². The molecule has 1 saturated carbocycles. The van der Waals surface area contributed by atoms with E-state index in [0.717, 1.165) is 36.1 Å². The van der Waals surface area contributed by atoms with E-state index in [1.165, 1.54) is 0 Å². The fourth-order valence-corrected chi connectivity index (χ4v) is 2.32.